The average Bonchev–Trinajstić information content (AvgIpc) is 3.80. The highest BCUT2D eigenvalue weighted by Crippen LogP contribution is 2.66. The van der Waals surface area contributed by atoms with E-state index < -0.39 is 18.1 Å². The number of amidine groups is 1. The van der Waals surface area contributed by atoms with Crippen LogP contribution < -0.4 is 5.30 Å². The number of benzene rings is 3. The molecule has 1 unspecified atom stereocenters. The van der Waals surface area contributed by atoms with E-state index in [0.717, 1.165) is 29.5 Å². The Morgan fingerprint density at radius 2 is 1.69 bits per heavy atom. The number of nitro benzene ring substituents is 1. The van der Waals surface area contributed by atoms with Gasteiger partial charge in [-0.2, -0.15) is 5.10 Å². The number of rotatable bonds is 6. The molecule has 42 heavy (non-hydrogen) atoms. The van der Waals surface area contributed by atoms with Gasteiger partial charge < -0.3 is 9.41 Å². The van der Waals surface area contributed by atoms with Gasteiger partial charge in [0.05, 0.1) is 40.4 Å². The van der Waals surface area contributed by atoms with Crippen LogP contribution in [0, 0.1) is 22.9 Å². The lowest BCUT2D eigenvalue weighted by molar-refractivity contribution is -0.384. The number of nitrogens with zero attached hydrogens (tertiary/aromatic N) is 7. The maximum absolute atomic E-state index is 15.7. The number of aromatic nitrogens is 2. The molecule has 0 amide bonds. The number of nitro groups is 1. The van der Waals surface area contributed by atoms with E-state index in [-0.39, 0.29) is 17.4 Å². The van der Waals surface area contributed by atoms with Gasteiger partial charge >= 0.3 is 0 Å². The van der Waals surface area contributed by atoms with Crippen LogP contribution in [0.3, 0.4) is 0 Å². The lowest BCUT2D eigenvalue weighted by Crippen LogP contribution is -2.48. The largest absolute Gasteiger partial charge is 0.379 e. The van der Waals surface area contributed by atoms with Gasteiger partial charge in [-0.15, -0.1) is 0 Å². The van der Waals surface area contributed by atoms with Crippen LogP contribution >= 0.6 is 7.36 Å². The summed E-state index contributed by atoms with van der Waals surface area (Å²) in [6, 6.07) is 23.0. The standard InChI is InChI=1S/C30H29FN7O3P/c1-21-28-30(36(33-21)22-9-3-2-4-10-22)32-29(24-11-5-6-12-25(24)31)37(23-15-16-23)42(28,35-17-19-41-20-18-35)34-26-13-7-8-14-27(26)38(39)40/h2-14,23H,15-20H2,1H3. The molecule has 0 spiro atoms. The first-order valence-electron chi connectivity index (χ1n) is 14.0. The minimum Gasteiger partial charge on any atom is -0.379 e. The van der Waals surface area contributed by atoms with E-state index in [1.807, 2.05) is 37.3 Å². The topological polar surface area (TPSA) is 101 Å². The van der Waals surface area contributed by atoms with Crippen LogP contribution in [-0.2, 0) is 4.74 Å². The van der Waals surface area contributed by atoms with Gasteiger partial charge in [-0.3, -0.25) is 10.1 Å². The fraction of sp³-hybridized carbons (Fsp3) is 0.267. The highest BCUT2D eigenvalue weighted by molar-refractivity contribution is 7.70. The van der Waals surface area contributed by atoms with Gasteiger partial charge in [-0.05, 0) is 50.1 Å². The summed E-state index contributed by atoms with van der Waals surface area (Å²) in [6.07, 6.45) is 1.76. The quantitative estimate of drug-likeness (QED) is 0.154. The van der Waals surface area contributed by atoms with Crippen LogP contribution in [-0.4, -0.2) is 62.2 Å². The summed E-state index contributed by atoms with van der Waals surface area (Å²) < 4.78 is 33.2. The molecule has 10 nitrogen and oxygen atoms in total. The molecule has 3 heterocycles. The zero-order valence-corrected chi connectivity index (χ0v) is 23.9. The van der Waals surface area contributed by atoms with Crippen molar-refractivity contribution in [3.05, 3.63) is 106 Å². The van der Waals surface area contributed by atoms with Gasteiger partial charge in [-0.25, -0.2) is 23.5 Å². The zero-order valence-electron chi connectivity index (χ0n) is 23.0. The highest BCUT2D eigenvalue weighted by Gasteiger charge is 2.52. The molecule has 7 rings (SSSR count). The zero-order chi connectivity index (χ0) is 28.8. The van der Waals surface area contributed by atoms with Crippen molar-refractivity contribution in [3.8, 4) is 5.69 Å². The predicted molar refractivity (Wildman–Crippen MR) is 160 cm³/mol. The lowest BCUT2D eigenvalue weighted by atomic mass is 10.2. The Hall–Kier alpha value is -4.18. The van der Waals surface area contributed by atoms with Crippen LogP contribution in [0.15, 0.2) is 88.6 Å². The molecule has 1 aromatic heterocycles. The third-order valence-electron chi connectivity index (χ3n) is 7.75. The Morgan fingerprint density at radius 1 is 1.00 bits per heavy atom. The molecule has 0 bridgehead atoms. The molecule has 2 fully saturated rings. The van der Waals surface area contributed by atoms with Gasteiger partial charge in [0.2, 0.25) is 0 Å². The molecule has 2 aliphatic heterocycles. The third-order valence-corrected chi connectivity index (χ3v) is 11.7. The van der Waals surface area contributed by atoms with E-state index in [2.05, 4.69) is 9.34 Å². The second kappa shape index (κ2) is 10.6. The van der Waals surface area contributed by atoms with Crippen molar-refractivity contribution >= 4 is 35.7 Å². The summed E-state index contributed by atoms with van der Waals surface area (Å²) in [5, 5.41) is 18.0. The summed E-state index contributed by atoms with van der Waals surface area (Å²) in [5.41, 5.74) is 2.11. The van der Waals surface area contributed by atoms with Crippen molar-refractivity contribution in [3.63, 3.8) is 0 Å². The first-order valence-corrected chi connectivity index (χ1v) is 15.6. The minimum atomic E-state index is -3.10. The first kappa shape index (κ1) is 26.7. The van der Waals surface area contributed by atoms with Crippen LogP contribution in [0.4, 0.5) is 21.6 Å². The summed E-state index contributed by atoms with van der Waals surface area (Å²) in [6.45, 7) is 4.03. The normalized spacial score (nSPS) is 20.6. The molecule has 0 radical (unpaired) electrons. The number of hydrogen-bond acceptors (Lipinski definition) is 6. The Morgan fingerprint density at radius 3 is 2.40 bits per heavy atom. The number of aryl methyl sites for hydroxylation is 1. The third kappa shape index (κ3) is 4.36. The molecule has 1 saturated heterocycles. The smallest absolute Gasteiger partial charge is 0.294 e. The number of aliphatic imine (C=N–C) groups is 1. The maximum atomic E-state index is 15.7. The van der Waals surface area contributed by atoms with Crippen LogP contribution in [0.1, 0.15) is 24.1 Å². The molecule has 1 atom stereocenters. The van der Waals surface area contributed by atoms with Crippen molar-refractivity contribution in [2.45, 2.75) is 25.8 Å². The summed E-state index contributed by atoms with van der Waals surface area (Å²) >= 11 is 0. The average molecular weight is 586 g/mol. The van der Waals surface area contributed by atoms with Gasteiger partial charge in [-0.1, -0.05) is 42.5 Å². The number of hydrogen-bond donors (Lipinski definition) is 0. The van der Waals surface area contributed by atoms with E-state index in [9.17, 15) is 10.1 Å². The van der Waals surface area contributed by atoms with E-state index in [1.54, 1.807) is 41.1 Å². The first-order chi connectivity index (χ1) is 20.5. The van der Waals surface area contributed by atoms with Gasteiger partial charge in [0.1, 0.15) is 17.3 Å². The molecule has 1 saturated carbocycles. The summed E-state index contributed by atoms with van der Waals surface area (Å²) in [4.78, 5) is 17.0. The van der Waals surface area contributed by atoms with Gasteiger partial charge in [0.25, 0.3) is 5.69 Å². The number of morpholine rings is 1. The van der Waals surface area contributed by atoms with Crippen LogP contribution in [0.5, 0.6) is 0 Å². The predicted octanol–water partition coefficient (Wildman–Crippen LogP) is 6.10. The lowest BCUT2D eigenvalue weighted by Gasteiger charge is -2.48. The molecule has 3 aliphatic rings. The van der Waals surface area contributed by atoms with Crippen LogP contribution in [0.2, 0.25) is 0 Å². The molecule has 1 aliphatic carbocycles. The molecule has 0 N–H and O–H groups in total. The van der Waals surface area contributed by atoms with Gasteiger partial charge in [0, 0.05) is 25.2 Å². The highest BCUT2D eigenvalue weighted by atomic mass is 31.2. The Balaban J connectivity index is 1.63. The molecular weight excluding hydrogens is 556 g/mol. The van der Waals surface area contributed by atoms with Gasteiger partial charge in [0.15, 0.2) is 13.2 Å². The fourth-order valence-electron chi connectivity index (χ4n) is 5.77. The monoisotopic (exact) mass is 585 g/mol. The van der Waals surface area contributed by atoms with Crippen molar-refractivity contribution in [1.82, 2.24) is 19.1 Å². The van der Waals surface area contributed by atoms with Crippen molar-refractivity contribution in [2.75, 3.05) is 26.3 Å². The SMILES string of the molecule is Cc1nn(-c2ccccc2)c2c1P(=Nc1ccccc1[N+](=O)[O-])(N1CCOCC1)N(C1CC1)C(c1ccccc1F)=N2. The second-order valence-corrected chi connectivity index (χ2v) is 13.3. The number of para-hydroxylation sites is 2. The molecule has 4 aromatic rings. The Kier molecular flexibility index (Phi) is 6.73. The van der Waals surface area contributed by atoms with E-state index in [4.69, 9.17) is 19.6 Å². The summed E-state index contributed by atoms with van der Waals surface area (Å²) in [5.74, 6) is 0.650. The van der Waals surface area contributed by atoms with Crippen LogP contribution in [0.25, 0.3) is 5.69 Å². The Labute approximate surface area is 242 Å². The number of fused-ring (bicyclic) bond motifs is 1. The van der Waals surface area contributed by atoms with Crippen molar-refractivity contribution in [1.29, 1.82) is 0 Å². The number of ether oxygens (including phenoxy) is 1. The van der Waals surface area contributed by atoms with Crippen molar-refractivity contribution in [2.24, 2.45) is 9.74 Å². The van der Waals surface area contributed by atoms with E-state index >= 15 is 4.39 Å². The Bertz CT molecular complexity index is 1760. The fourth-order valence-corrected chi connectivity index (χ4v) is 10.0. The summed E-state index contributed by atoms with van der Waals surface area (Å²) in [7, 11) is -3.10. The molecule has 3 aromatic carbocycles. The maximum Gasteiger partial charge on any atom is 0.294 e. The molecule has 214 valence electrons. The van der Waals surface area contributed by atoms with E-state index in [0.29, 0.717) is 43.5 Å². The second-order valence-electron chi connectivity index (χ2n) is 10.5. The van der Waals surface area contributed by atoms with E-state index in [1.165, 1.54) is 12.1 Å². The van der Waals surface area contributed by atoms with Crippen molar-refractivity contribution < 1.29 is 14.1 Å². The number of halogens is 1. The minimum absolute atomic E-state index is 0.0404. The molecule has 12 heteroatoms. The molecular formula is C30H29FN7O3P.